The second kappa shape index (κ2) is 5.49. The van der Waals surface area contributed by atoms with Crippen LogP contribution in [0, 0.1) is 13.8 Å². The Morgan fingerprint density at radius 1 is 1.44 bits per heavy atom. The van der Waals surface area contributed by atoms with Gasteiger partial charge in [-0.1, -0.05) is 13.3 Å². The lowest BCUT2D eigenvalue weighted by atomic mass is 10.1. The molecule has 0 aliphatic rings. The summed E-state index contributed by atoms with van der Waals surface area (Å²) in [6.45, 7) is 5.89. The highest BCUT2D eigenvalue weighted by molar-refractivity contribution is 5.90. The van der Waals surface area contributed by atoms with Crippen LogP contribution in [0.1, 0.15) is 41.4 Å². The van der Waals surface area contributed by atoms with Gasteiger partial charge < -0.3 is 9.72 Å². The second-order valence-electron chi connectivity index (χ2n) is 3.83. The van der Waals surface area contributed by atoms with Crippen molar-refractivity contribution in [3.63, 3.8) is 0 Å². The normalized spacial score (nSPS) is 10.2. The van der Waals surface area contributed by atoms with Crippen molar-refractivity contribution in [1.82, 2.24) is 4.98 Å². The molecule has 1 rings (SSSR count). The van der Waals surface area contributed by atoms with Crippen molar-refractivity contribution in [2.75, 3.05) is 6.61 Å². The Hall–Kier alpha value is -1.58. The van der Waals surface area contributed by atoms with Gasteiger partial charge in [-0.2, -0.15) is 0 Å². The lowest BCUT2D eigenvalue weighted by Crippen LogP contribution is -2.22. The van der Waals surface area contributed by atoms with Crippen LogP contribution in [0.4, 0.5) is 0 Å². The van der Waals surface area contributed by atoms with Crippen molar-refractivity contribution >= 4 is 5.97 Å². The molecule has 1 N–H and O–H groups in total. The van der Waals surface area contributed by atoms with Crippen LogP contribution < -0.4 is 5.56 Å². The summed E-state index contributed by atoms with van der Waals surface area (Å²) < 4.78 is 5.01. The minimum Gasteiger partial charge on any atom is -0.462 e. The number of rotatable bonds is 4. The van der Waals surface area contributed by atoms with Gasteiger partial charge in [-0.25, -0.2) is 4.79 Å². The largest absolute Gasteiger partial charge is 0.462 e. The molecule has 1 heterocycles. The van der Waals surface area contributed by atoms with Crippen molar-refractivity contribution in [3.8, 4) is 0 Å². The Morgan fingerprint density at radius 3 is 2.69 bits per heavy atom. The average molecular weight is 223 g/mol. The second-order valence-corrected chi connectivity index (χ2v) is 3.83. The summed E-state index contributed by atoms with van der Waals surface area (Å²) >= 11 is 0. The molecular formula is C12H17NO3. The van der Waals surface area contributed by atoms with Crippen molar-refractivity contribution in [2.45, 2.75) is 33.6 Å². The van der Waals surface area contributed by atoms with Crippen LogP contribution in [0.3, 0.4) is 0 Å². The molecule has 16 heavy (non-hydrogen) atoms. The van der Waals surface area contributed by atoms with Gasteiger partial charge in [0.15, 0.2) is 0 Å². The monoisotopic (exact) mass is 223 g/mol. The minimum atomic E-state index is -0.535. The number of carbonyl (C=O) groups excluding carboxylic acids is 1. The minimum absolute atomic E-state index is 0.113. The number of hydrogen-bond acceptors (Lipinski definition) is 3. The fourth-order valence-electron chi connectivity index (χ4n) is 1.49. The predicted molar refractivity (Wildman–Crippen MR) is 61.7 cm³/mol. The molecule has 88 valence electrons. The molecule has 4 nitrogen and oxygen atoms in total. The number of pyridine rings is 1. The first-order chi connectivity index (χ1) is 7.56. The number of nitrogens with one attached hydrogen (secondary N) is 1. The number of aryl methyl sites for hydroxylation is 2. The summed E-state index contributed by atoms with van der Waals surface area (Å²) in [6.07, 6.45) is 1.77. The van der Waals surface area contributed by atoms with Gasteiger partial charge in [0.1, 0.15) is 5.56 Å². The van der Waals surface area contributed by atoms with Crippen LogP contribution in [0.25, 0.3) is 0 Å². The first kappa shape index (κ1) is 12.5. The van der Waals surface area contributed by atoms with E-state index in [9.17, 15) is 9.59 Å². The van der Waals surface area contributed by atoms with Crippen molar-refractivity contribution < 1.29 is 9.53 Å². The number of unbranched alkanes of at least 4 members (excludes halogenated alkanes) is 1. The highest BCUT2D eigenvalue weighted by Crippen LogP contribution is 2.05. The molecular weight excluding hydrogens is 206 g/mol. The topological polar surface area (TPSA) is 59.2 Å². The molecule has 0 bridgehead atoms. The van der Waals surface area contributed by atoms with Gasteiger partial charge in [0, 0.05) is 5.69 Å². The van der Waals surface area contributed by atoms with Gasteiger partial charge in [-0.15, -0.1) is 0 Å². The Balaban J connectivity index is 2.87. The van der Waals surface area contributed by atoms with Crippen LogP contribution in [0.5, 0.6) is 0 Å². The Morgan fingerprint density at radius 2 is 2.12 bits per heavy atom. The smallest absolute Gasteiger partial charge is 0.344 e. The number of esters is 1. The van der Waals surface area contributed by atoms with E-state index in [1.807, 2.05) is 6.92 Å². The fourth-order valence-corrected chi connectivity index (χ4v) is 1.49. The molecule has 0 spiro atoms. The molecule has 1 aromatic rings. The third kappa shape index (κ3) is 2.95. The van der Waals surface area contributed by atoms with Gasteiger partial charge in [-0.3, -0.25) is 4.79 Å². The standard InChI is InChI=1S/C12H17NO3/c1-4-5-6-16-12(15)10-8(2)7-9(3)13-11(10)14/h7H,4-6H2,1-3H3,(H,13,14). The Labute approximate surface area is 94.6 Å². The van der Waals surface area contributed by atoms with Gasteiger partial charge in [-0.05, 0) is 31.9 Å². The molecule has 0 aromatic carbocycles. The summed E-state index contributed by atoms with van der Waals surface area (Å²) in [5, 5.41) is 0. The zero-order valence-electron chi connectivity index (χ0n) is 9.92. The highest BCUT2D eigenvalue weighted by Gasteiger charge is 2.15. The van der Waals surface area contributed by atoms with Crippen LogP contribution >= 0.6 is 0 Å². The summed E-state index contributed by atoms with van der Waals surface area (Å²) in [6, 6.07) is 1.76. The van der Waals surface area contributed by atoms with E-state index in [0.717, 1.165) is 18.5 Å². The first-order valence-electron chi connectivity index (χ1n) is 5.44. The molecule has 1 aromatic heterocycles. The first-order valence-corrected chi connectivity index (χ1v) is 5.44. The molecule has 0 aliphatic heterocycles. The molecule has 0 fully saturated rings. The lowest BCUT2D eigenvalue weighted by molar-refractivity contribution is 0.0497. The summed E-state index contributed by atoms with van der Waals surface area (Å²) in [4.78, 5) is 25.8. The fraction of sp³-hybridized carbons (Fsp3) is 0.500. The number of aromatic amines is 1. The number of H-pyrrole nitrogens is 1. The van der Waals surface area contributed by atoms with Crippen LogP contribution in [-0.2, 0) is 4.74 Å². The maximum atomic E-state index is 11.6. The molecule has 0 atom stereocenters. The van der Waals surface area contributed by atoms with Gasteiger partial charge in [0.25, 0.3) is 5.56 Å². The number of carbonyl (C=O) groups is 1. The zero-order chi connectivity index (χ0) is 12.1. The van der Waals surface area contributed by atoms with Crippen LogP contribution in [-0.4, -0.2) is 17.6 Å². The molecule has 0 unspecified atom stereocenters. The molecule has 0 saturated heterocycles. The third-order valence-corrected chi connectivity index (χ3v) is 2.30. The molecule has 0 amide bonds. The summed E-state index contributed by atoms with van der Waals surface area (Å²) in [7, 11) is 0. The van der Waals surface area contributed by atoms with Crippen molar-refractivity contribution in [1.29, 1.82) is 0 Å². The van der Waals surface area contributed by atoms with Gasteiger partial charge in [0.2, 0.25) is 0 Å². The number of aromatic nitrogens is 1. The van der Waals surface area contributed by atoms with E-state index in [4.69, 9.17) is 4.74 Å². The Bertz CT molecular complexity index is 434. The van der Waals surface area contributed by atoms with E-state index >= 15 is 0 Å². The summed E-state index contributed by atoms with van der Waals surface area (Å²) in [5.74, 6) is -0.535. The molecule has 0 aliphatic carbocycles. The van der Waals surface area contributed by atoms with Crippen LogP contribution in [0.2, 0.25) is 0 Å². The molecule has 0 saturated carbocycles. The zero-order valence-corrected chi connectivity index (χ0v) is 9.92. The van der Waals surface area contributed by atoms with Gasteiger partial charge >= 0.3 is 5.97 Å². The van der Waals surface area contributed by atoms with E-state index in [1.54, 1.807) is 19.9 Å². The van der Waals surface area contributed by atoms with Crippen molar-refractivity contribution in [3.05, 3.63) is 33.2 Å². The highest BCUT2D eigenvalue weighted by atomic mass is 16.5. The van der Waals surface area contributed by atoms with E-state index in [-0.39, 0.29) is 11.1 Å². The number of hydrogen-bond donors (Lipinski definition) is 1. The number of ether oxygens (including phenoxy) is 1. The quantitative estimate of drug-likeness (QED) is 0.627. The lowest BCUT2D eigenvalue weighted by Gasteiger charge is -2.06. The van der Waals surface area contributed by atoms with Gasteiger partial charge in [0.05, 0.1) is 6.61 Å². The van der Waals surface area contributed by atoms with E-state index in [1.165, 1.54) is 0 Å². The van der Waals surface area contributed by atoms with Crippen molar-refractivity contribution in [2.24, 2.45) is 0 Å². The average Bonchev–Trinajstić information content (AvgIpc) is 2.16. The molecule has 0 radical (unpaired) electrons. The van der Waals surface area contributed by atoms with E-state index in [2.05, 4.69) is 4.98 Å². The van der Waals surface area contributed by atoms with E-state index in [0.29, 0.717) is 12.2 Å². The third-order valence-electron chi connectivity index (χ3n) is 2.30. The SMILES string of the molecule is CCCCOC(=O)c1c(C)cc(C)[nH]c1=O. The predicted octanol–water partition coefficient (Wildman–Crippen LogP) is 1.95. The Kier molecular flexibility index (Phi) is 4.28. The summed E-state index contributed by atoms with van der Waals surface area (Å²) in [5.41, 5.74) is 1.14. The molecule has 4 heteroatoms. The van der Waals surface area contributed by atoms with Crippen LogP contribution in [0.15, 0.2) is 10.9 Å². The maximum Gasteiger partial charge on any atom is 0.344 e. The van der Waals surface area contributed by atoms with E-state index < -0.39 is 5.97 Å². The maximum absolute atomic E-state index is 11.6.